The van der Waals surface area contributed by atoms with Crippen LogP contribution in [0.4, 0.5) is 5.69 Å². The predicted molar refractivity (Wildman–Crippen MR) is 71.0 cm³/mol. The highest BCUT2D eigenvalue weighted by molar-refractivity contribution is 5.86. The molecule has 0 bridgehead atoms. The predicted octanol–water partition coefficient (Wildman–Crippen LogP) is 0.532. The van der Waals surface area contributed by atoms with E-state index in [1.54, 1.807) is 12.1 Å². The lowest BCUT2D eigenvalue weighted by molar-refractivity contribution is -0.385. The van der Waals surface area contributed by atoms with Crippen molar-refractivity contribution >= 4 is 17.5 Å². The molecule has 1 aromatic rings. The van der Waals surface area contributed by atoms with Gasteiger partial charge in [-0.3, -0.25) is 19.7 Å². The smallest absolute Gasteiger partial charge is 0.273 e. The van der Waals surface area contributed by atoms with E-state index in [0.29, 0.717) is 5.56 Å². The zero-order valence-electron chi connectivity index (χ0n) is 10.8. The van der Waals surface area contributed by atoms with Crippen molar-refractivity contribution in [2.45, 2.75) is 25.3 Å². The summed E-state index contributed by atoms with van der Waals surface area (Å²) in [7, 11) is 0. The Morgan fingerprint density at radius 3 is 2.60 bits per heavy atom. The third-order valence-electron chi connectivity index (χ3n) is 2.93. The maximum atomic E-state index is 11.7. The molecule has 2 amide bonds. The zero-order valence-corrected chi connectivity index (χ0v) is 10.8. The van der Waals surface area contributed by atoms with E-state index in [4.69, 9.17) is 0 Å². The van der Waals surface area contributed by atoms with Gasteiger partial charge in [0.1, 0.15) is 0 Å². The lowest BCUT2D eigenvalue weighted by Crippen LogP contribution is -2.38. The molecule has 7 nitrogen and oxygen atoms in total. The summed E-state index contributed by atoms with van der Waals surface area (Å²) in [5, 5.41) is 16.0. The second-order valence-electron chi connectivity index (χ2n) is 4.68. The summed E-state index contributed by atoms with van der Waals surface area (Å²) in [5.74, 6) is -0.645. The standard InChI is InChI=1S/C13H15N3O4/c17-12(14-8-13(18)15-10-5-6-10)7-9-3-1-2-4-11(9)16(19)20/h1-4,10H,5-8H2,(H,14,17)(H,15,18). The van der Waals surface area contributed by atoms with E-state index >= 15 is 0 Å². The quantitative estimate of drug-likeness (QED) is 0.585. The Balaban J connectivity index is 1.84. The second kappa shape index (κ2) is 6.14. The third-order valence-corrected chi connectivity index (χ3v) is 2.93. The van der Waals surface area contributed by atoms with Crippen LogP contribution in [0.1, 0.15) is 18.4 Å². The first-order chi connectivity index (χ1) is 9.56. The van der Waals surface area contributed by atoms with Gasteiger partial charge in [0.05, 0.1) is 17.9 Å². The fraction of sp³-hybridized carbons (Fsp3) is 0.385. The van der Waals surface area contributed by atoms with E-state index in [1.165, 1.54) is 12.1 Å². The molecule has 7 heteroatoms. The van der Waals surface area contributed by atoms with Gasteiger partial charge in [0.25, 0.3) is 5.69 Å². The summed E-state index contributed by atoms with van der Waals surface area (Å²) in [6.07, 6.45) is 1.85. The number of hydrogen-bond donors (Lipinski definition) is 2. The minimum atomic E-state index is -0.525. The molecular weight excluding hydrogens is 262 g/mol. The largest absolute Gasteiger partial charge is 0.352 e. The Kier molecular flexibility index (Phi) is 4.29. The number of carbonyl (C=O) groups is 2. The van der Waals surface area contributed by atoms with Crippen molar-refractivity contribution < 1.29 is 14.5 Å². The first kappa shape index (κ1) is 14.0. The number of nitro benzene ring substituents is 1. The molecule has 2 N–H and O–H groups in total. The highest BCUT2D eigenvalue weighted by Crippen LogP contribution is 2.18. The van der Waals surface area contributed by atoms with Gasteiger partial charge in [-0.05, 0) is 12.8 Å². The van der Waals surface area contributed by atoms with Crippen LogP contribution in [0.5, 0.6) is 0 Å². The Bertz CT molecular complexity index is 540. The van der Waals surface area contributed by atoms with Gasteiger partial charge in [-0.1, -0.05) is 18.2 Å². The van der Waals surface area contributed by atoms with Crippen molar-refractivity contribution in [3.63, 3.8) is 0 Å². The van der Waals surface area contributed by atoms with Crippen molar-refractivity contribution in [2.24, 2.45) is 0 Å². The normalized spacial score (nSPS) is 13.6. The van der Waals surface area contributed by atoms with Crippen LogP contribution in [0, 0.1) is 10.1 Å². The number of para-hydroxylation sites is 1. The fourth-order valence-corrected chi connectivity index (χ4v) is 1.76. The molecule has 1 saturated carbocycles. The summed E-state index contributed by atoms with van der Waals surface area (Å²) in [4.78, 5) is 33.4. The minimum absolute atomic E-state index is 0.0925. The zero-order chi connectivity index (χ0) is 14.5. The van der Waals surface area contributed by atoms with E-state index in [-0.39, 0.29) is 30.6 Å². The van der Waals surface area contributed by atoms with Crippen LogP contribution in [0.25, 0.3) is 0 Å². The average Bonchev–Trinajstić information content (AvgIpc) is 3.21. The molecule has 0 aromatic heterocycles. The maximum Gasteiger partial charge on any atom is 0.273 e. The molecule has 0 radical (unpaired) electrons. The summed E-state index contributed by atoms with van der Waals surface area (Å²) in [6, 6.07) is 6.30. The SMILES string of the molecule is O=C(Cc1ccccc1[N+](=O)[O-])NCC(=O)NC1CC1. The molecule has 0 spiro atoms. The average molecular weight is 277 g/mol. The van der Waals surface area contributed by atoms with E-state index in [1.807, 2.05) is 0 Å². The van der Waals surface area contributed by atoms with Crippen LogP contribution in [-0.2, 0) is 16.0 Å². The Labute approximate surface area is 115 Å². The number of amides is 2. The summed E-state index contributed by atoms with van der Waals surface area (Å²) >= 11 is 0. The van der Waals surface area contributed by atoms with Gasteiger partial charge < -0.3 is 10.6 Å². The van der Waals surface area contributed by atoms with E-state index in [0.717, 1.165) is 12.8 Å². The van der Waals surface area contributed by atoms with Crippen LogP contribution in [0.2, 0.25) is 0 Å². The van der Waals surface area contributed by atoms with E-state index < -0.39 is 10.8 Å². The molecule has 0 unspecified atom stereocenters. The molecule has 106 valence electrons. The first-order valence-electron chi connectivity index (χ1n) is 6.34. The lowest BCUT2D eigenvalue weighted by Gasteiger charge is -2.06. The number of nitro groups is 1. The number of nitrogens with one attached hydrogen (secondary N) is 2. The topological polar surface area (TPSA) is 101 Å². The number of nitrogens with zero attached hydrogens (tertiary/aromatic N) is 1. The number of hydrogen-bond acceptors (Lipinski definition) is 4. The van der Waals surface area contributed by atoms with Gasteiger partial charge in [0.15, 0.2) is 0 Å². The minimum Gasteiger partial charge on any atom is -0.352 e. The number of rotatable bonds is 6. The van der Waals surface area contributed by atoms with Gasteiger partial charge >= 0.3 is 0 Å². The summed E-state index contributed by atoms with van der Waals surface area (Å²) < 4.78 is 0. The molecule has 1 fully saturated rings. The molecule has 0 aliphatic heterocycles. The van der Waals surface area contributed by atoms with Gasteiger partial charge in [0, 0.05) is 17.7 Å². The fourth-order valence-electron chi connectivity index (χ4n) is 1.76. The van der Waals surface area contributed by atoms with E-state index in [9.17, 15) is 19.7 Å². The maximum absolute atomic E-state index is 11.7. The highest BCUT2D eigenvalue weighted by atomic mass is 16.6. The Morgan fingerprint density at radius 2 is 1.95 bits per heavy atom. The molecule has 20 heavy (non-hydrogen) atoms. The van der Waals surface area contributed by atoms with Crippen molar-refractivity contribution in [1.29, 1.82) is 0 Å². The van der Waals surface area contributed by atoms with E-state index in [2.05, 4.69) is 10.6 Å². The molecule has 2 rings (SSSR count). The molecule has 0 heterocycles. The van der Waals surface area contributed by atoms with Crippen LogP contribution in [-0.4, -0.2) is 29.3 Å². The monoisotopic (exact) mass is 277 g/mol. The molecule has 1 aliphatic rings. The second-order valence-corrected chi connectivity index (χ2v) is 4.68. The van der Waals surface area contributed by atoms with Crippen LogP contribution >= 0.6 is 0 Å². The third kappa shape index (κ3) is 4.04. The number of benzene rings is 1. The Hall–Kier alpha value is -2.44. The highest BCUT2D eigenvalue weighted by Gasteiger charge is 2.23. The van der Waals surface area contributed by atoms with Gasteiger partial charge in [0.2, 0.25) is 11.8 Å². The van der Waals surface area contributed by atoms with Gasteiger partial charge in [-0.2, -0.15) is 0 Å². The van der Waals surface area contributed by atoms with Crippen LogP contribution < -0.4 is 10.6 Å². The summed E-state index contributed by atoms with van der Waals surface area (Å²) in [5.41, 5.74) is 0.239. The molecule has 0 atom stereocenters. The molecular formula is C13H15N3O4. The van der Waals surface area contributed by atoms with Gasteiger partial charge in [-0.25, -0.2) is 0 Å². The van der Waals surface area contributed by atoms with Crippen LogP contribution in [0.15, 0.2) is 24.3 Å². The van der Waals surface area contributed by atoms with Crippen LogP contribution in [0.3, 0.4) is 0 Å². The molecule has 0 saturated heterocycles. The van der Waals surface area contributed by atoms with Crippen molar-refractivity contribution in [3.8, 4) is 0 Å². The van der Waals surface area contributed by atoms with Crippen molar-refractivity contribution in [2.75, 3.05) is 6.54 Å². The van der Waals surface area contributed by atoms with Crippen molar-refractivity contribution in [3.05, 3.63) is 39.9 Å². The summed E-state index contributed by atoms with van der Waals surface area (Å²) in [6.45, 7) is -0.101. The van der Waals surface area contributed by atoms with Crippen molar-refractivity contribution in [1.82, 2.24) is 10.6 Å². The Morgan fingerprint density at radius 1 is 1.25 bits per heavy atom. The lowest BCUT2D eigenvalue weighted by atomic mass is 10.1. The first-order valence-corrected chi connectivity index (χ1v) is 6.34. The number of carbonyl (C=O) groups excluding carboxylic acids is 2. The molecule has 1 aromatic carbocycles. The molecule has 1 aliphatic carbocycles. The van der Waals surface area contributed by atoms with Gasteiger partial charge in [-0.15, -0.1) is 0 Å².